The lowest BCUT2D eigenvalue weighted by atomic mass is 10.0. The molecule has 0 saturated carbocycles. The Balaban J connectivity index is 1.82. The molecule has 0 fully saturated rings. The Hall–Kier alpha value is -3.22. The Kier molecular flexibility index (Phi) is 5.26. The number of hydrogen-bond donors (Lipinski definition) is 2. The number of hydrogen-bond acceptors (Lipinski definition) is 6. The van der Waals surface area contributed by atoms with Crippen LogP contribution in [0.5, 0.6) is 0 Å². The van der Waals surface area contributed by atoms with Gasteiger partial charge in [-0.2, -0.15) is 0 Å². The number of aromatic nitrogens is 3. The quantitative estimate of drug-likeness (QED) is 0.700. The van der Waals surface area contributed by atoms with Crippen LogP contribution in [-0.4, -0.2) is 21.0 Å². The average Bonchev–Trinajstić information content (AvgIpc) is 3.06. The van der Waals surface area contributed by atoms with Crippen LogP contribution in [-0.2, 0) is 12.8 Å². The van der Waals surface area contributed by atoms with Crippen LogP contribution in [0.4, 0.5) is 17.3 Å². The summed E-state index contributed by atoms with van der Waals surface area (Å²) in [6.07, 6.45) is 3.02. The maximum absolute atomic E-state index is 12.7. The van der Waals surface area contributed by atoms with Crippen molar-refractivity contribution in [1.29, 1.82) is 0 Å². The number of nitrogens with zero attached hydrogens (tertiary/aromatic N) is 3. The van der Waals surface area contributed by atoms with E-state index >= 15 is 0 Å². The summed E-state index contributed by atoms with van der Waals surface area (Å²) in [7, 11) is 0. The number of aryl methyl sites for hydroxylation is 3. The Morgan fingerprint density at radius 2 is 1.81 bits per heavy atom. The predicted molar refractivity (Wildman–Crippen MR) is 99.7 cm³/mol. The van der Waals surface area contributed by atoms with Gasteiger partial charge in [-0.3, -0.25) is 4.79 Å². The third-order valence-electron chi connectivity index (χ3n) is 4.02. The number of rotatable bonds is 6. The fraction of sp³-hybridized carbons (Fsp3) is 0.263. The highest BCUT2D eigenvalue weighted by Gasteiger charge is 2.14. The molecule has 0 aliphatic carbocycles. The molecule has 3 aromatic rings. The minimum Gasteiger partial charge on any atom is -0.360 e. The molecule has 2 heterocycles. The number of nitrogens with one attached hydrogen (secondary N) is 2. The van der Waals surface area contributed by atoms with Gasteiger partial charge >= 0.3 is 0 Å². The zero-order valence-corrected chi connectivity index (χ0v) is 15.0. The van der Waals surface area contributed by atoms with Crippen LogP contribution in [0.1, 0.15) is 41.2 Å². The Morgan fingerprint density at radius 1 is 1.08 bits per heavy atom. The summed E-state index contributed by atoms with van der Waals surface area (Å²) < 4.78 is 5.01. The van der Waals surface area contributed by atoms with E-state index in [-0.39, 0.29) is 11.6 Å². The molecule has 0 spiro atoms. The van der Waals surface area contributed by atoms with Crippen molar-refractivity contribution < 1.29 is 9.32 Å². The van der Waals surface area contributed by atoms with E-state index in [0.29, 0.717) is 17.4 Å². The lowest BCUT2D eigenvalue weighted by Crippen LogP contribution is -2.16. The second-order valence-electron chi connectivity index (χ2n) is 5.85. The first-order valence-electron chi connectivity index (χ1n) is 8.55. The van der Waals surface area contributed by atoms with Crippen LogP contribution < -0.4 is 10.6 Å². The van der Waals surface area contributed by atoms with Gasteiger partial charge in [0.15, 0.2) is 5.82 Å². The van der Waals surface area contributed by atoms with Crippen molar-refractivity contribution in [3.8, 4) is 0 Å². The standard InChI is InChI=1S/C19H21N5O2/c1-4-13-7-6-8-14(5-2)18(13)23-19(25)15-10-16(21-11-20-15)22-17-9-12(3)26-24-17/h6-11H,4-5H2,1-3H3,(H,23,25)(H,20,21,22,24). The molecule has 2 aromatic heterocycles. The largest absolute Gasteiger partial charge is 0.360 e. The van der Waals surface area contributed by atoms with Crippen molar-refractivity contribution in [3.05, 3.63) is 59.2 Å². The third-order valence-corrected chi connectivity index (χ3v) is 4.02. The number of anilines is 3. The van der Waals surface area contributed by atoms with Gasteiger partial charge in [0, 0.05) is 17.8 Å². The molecule has 7 nitrogen and oxygen atoms in total. The Bertz CT molecular complexity index is 898. The SMILES string of the molecule is CCc1cccc(CC)c1NC(=O)c1cc(Nc2cc(C)on2)ncn1. The molecule has 1 amide bonds. The summed E-state index contributed by atoms with van der Waals surface area (Å²) in [4.78, 5) is 20.9. The lowest BCUT2D eigenvalue weighted by Gasteiger charge is -2.14. The first kappa shape index (κ1) is 17.6. The molecule has 0 saturated heterocycles. The van der Waals surface area contributed by atoms with E-state index in [2.05, 4.69) is 39.6 Å². The molecule has 3 rings (SSSR count). The van der Waals surface area contributed by atoms with Crippen LogP contribution >= 0.6 is 0 Å². The molecule has 0 atom stereocenters. The van der Waals surface area contributed by atoms with Crippen LogP contribution in [0.15, 0.2) is 41.2 Å². The van der Waals surface area contributed by atoms with Crippen molar-refractivity contribution in [1.82, 2.24) is 15.1 Å². The van der Waals surface area contributed by atoms with Gasteiger partial charge in [-0.15, -0.1) is 0 Å². The predicted octanol–water partition coefficient (Wildman–Crippen LogP) is 3.89. The van der Waals surface area contributed by atoms with Crippen LogP contribution in [0.3, 0.4) is 0 Å². The van der Waals surface area contributed by atoms with Crippen LogP contribution in [0, 0.1) is 6.92 Å². The third kappa shape index (κ3) is 3.88. The first-order valence-corrected chi connectivity index (χ1v) is 8.55. The van der Waals surface area contributed by atoms with Gasteiger partial charge in [0.25, 0.3) is 5.91 Å². The van der Waals surface area contributed by atoms with Crippen LogP contribution in [0.2, 0.25) is 0 Å². The molecule has 26 heavy (non-hydrogen) atoms. The minimum atomic E-state index is -0.276. The highest BCUT2D eigenvalue weighted by molar-refractivity contribution is 6.04. The van der Waals surface area contributed by atoms with Gasteiger partial charge in [-0.05, 0) is 30.9 Å². The zero-order valence-electron chi connectivity index (χ0n) is 15.0. The average molecular weight is 351 g/mol. The van der Waals surface area contributed by atoms with E-state index in [0.717, 1.165) is 29.7 Å². The molecular weight excluding hydrogens is 330 g/mol. The number of benzene rings is 1. The van der Waals surface area contributed by atoms with Crippen molar-refractivity contribution >= 4 is 23.2 Å². The van der Waals surface area contributed by atoms with Crippen molar-refractivity contribution in [2.24, 2.45) is 0 Å². The van der Waals surface area contributed by atoms with Gasteiger partial charge in [-0.1, -0.05) is 37.2 Å². The highest BCUT2D eigenvalue weighted by Crippen LogP contribution is 2.23. The van der Waals surface area contributed by atoms with Gasteiger partial charge in [0.2, 0.25) is 0 Å². The van der Waals surface area contributed by atoms with E-state index in [1.165, 1.54) is 6.33 Å². The van der Waals surface area contributed by atoms with E-state index in [4.69, 9.17) is 4.52 Å². The molecule has 0 radical (unpaired) electrons. The second-order valence-corrected chi connectivity index (χ2v) is 5.85. The number of carbonyl (C=O) groups is 1. The summed E-state index contributed by atoms with van der Waals surface area (Å²) in [6.45, 7) is 5.93. The molecule has 1 aromatic carbocycles. The number of para-hydroxylation sites is 1. The van der Waals surface area contributed by atoms with E-state index < -0.39 is 0 Å². The van der Waals surface area contributed by atoms with Crippen molar-refractivity contribution in [3.63, 3.8) is 0 Å². The maximum Gasteiger partial charge on any atom is 0.274 e. The summed E-state index contributed by atoms with van der Waals surface area (Å²) in [5.41, 5.74) is 3.34. The molecule has 0 unspecified atom stereocenters. The smallest absolute Gasteiger partial charge is 0.274 e. The van der Waals surface area contributed by atoms with E-state index in [9.17, 15) is 4.79 Å². The molecule has 7 heteroatoms. The normalized spacial score (nSPS) is 10.6. The highest BCUT2D eigenvalue weighted by atomic mass is 16.5. The lowest BCUT2D eigenvalue weighted by molar-refractivity contribution is 0.102. The fourth-order valence-electron chi connectivity index (χ4n) is 2.69. The summed E-state index contributed by atoms with van der Waals surface area (Å²) >= 11 is 0. The first-order chi connectivity index (χ1) is 12.6. The topological polar surface area (TPSA) is 92.9 Å². The van der Waals surface area contributed by atoms with Crippen molar-refractivity contribution in [2.75, 3.05) is 10.6 Å². The molecule has 0 bridgehead atoms. The molecule has 0 aliphatic heterocycles. The fourth-order valence-corrected chi connectivity index (χ4v) is 2.69. The minimum absolute atomic E-state index is 0.274. The summed E-state index contributed by atoms with van der Waals surface area (Å²) in [5, 5.41) is 9.85. The van der Waals surface area contributed by atoms with E-state index in [1.807, 2.05) is 18.2 Å². The summed E-state index contributed by atoms with van der Waals surface area (Å²) in [6, 6.07) is 9.38. The molecule has 134 valence electrons. The van der Waals surface area contributed by atoms with Gasteiger partial charge in [0.1, 0.15) is 23.6 Å². The Labute approximate surface area is 151 Å². The Morgan fingerprint density at radius 3 is 2.42 bits per heavy atom. The molecular formula is C19H21N5O2. The molecule has 2 N–H and O–H groups in total. The van der Waals surface area contributed by atoms with Gasteiger partial charge in [-0.25, -0.2) is 9.97 Å². The van der Waals surface area contributed by atoms with Crippen molar-refractivity contribution in [2.45, 2.75) is 33.6 Å². The zero-order chi connectivity index (χ0) is 18.5. The van der Waals surface area contributed by atoms with Crippen LogP contribution in [0.25, 0.3) is 0 Å². The number of amides is 1. The number of carbonyl (C=O) groups excluding carboxylic acids is 1. The maximum atomic E-state index is 12.7. The molecule has 0 aliphatic rings. The second kappa shape index (κ2) is 7.77. The van der Waals surface area contributed by atoms with E-state index in [1.54, 1.807) is 19.1 Å². The summed E-state index contributed by atoms with van der Waals surface area (Å²) in [5.74, 6) is 1.40. The van der Waals surface area contributed by atoms with Gasteiger partial charge < -0.3 is 15.2 Å². The van der Waals surface area contributed by atoms with Gasteiger partial charge in [0.05, 0.1) is 0 Å². The monoisotopic (exact) mass is 351 g/mol.